The molecule has 0 aliphatic carbocycles. The summed E-state index contributed by atoms with van der Waals surface area (Å²) in [6.45, 7) is 2.01. The van der Waals surface area contributed by atoms with Crippen molar-refractivity contribution in [3.63, 3.8) is 0 Å². The minimum atomic E-state index is -0.359. The highest BCUT2D eigenvalue weighted by atomic mass is 16.5. The third-order valence-electron chi connectivity index (χ3n) is 3.06. The van der Waals surface area contributed by atoms with Crippen LogP contribution in [0.5, 0.6) is 0 Å². The first-order valence-corrected chi connectivity index (χ1v) is 6.59. The third-order valence-corrected chi connectivity index (χ3v) is 3.06. The van der Waals surface area contributed by atoms with E-state index in [2.05, 4.69) is 20.3 Å². The molecule has 0 atom stereocenters. The molecule has 0 bridgehead atoms. The molecular weight excluding hydrogens is 270 g/mol. The molecule has 0 radical (unpaired) electrons. The predicted octanol–water partition coefficient (Wildman–Crippen LogP) is 1.68. The number of methoxy groups -OCH3 is 1. The number of hydrogen-bond acceptors (Lipinski definition) is 4. The van der Waals surface area contributed by atoms with Gasteiger partial charge in [0.1, 0.15) is 5.69 Å². The van der Waals surface area contributed by atoms with Crippen molar-refractivity contribution < 1.29 is 14.3 Å². The number of aromatic nitrogens is 2. The molecule has 6 nitrogen and oxygen atoms in total. The average molecular weight is 287 g/mol. The van der Waals surface area contributed by atoms with Crippen LogP contribution in [0.2, 0.25) is 0 Å². The molecule has 1 heterocycles. The van der Waals surface area contributed by atoms with Gasteiger partial charge in [0.15, 0.2) is 0 Å². The van der Waals surface area contributed by atoms with Crippen LogP contribution in [-0.2, 0) is 9.53 Å². The maximum absolute atomic E-state index is 12.3. The summed E-state index contributed by atoms with van der Waals surface area (Å²) >= 11 is 0. The Morgan fingerprint density at radius 2 is 2.00 bits per heavy atom. The van der Waals surface area contributed by atoms with Gasteiger partial charge < -0.3 is 10.1 Å². The number of nitrogens with zero attached hydrogens (tertiary/aromatic N) is 1. The molecule has 110 valence electrons. The van der Waals surface area contributed by atoms with Crippen LogP contribution >= 0.6 is 0 Å². The lowest BCUT2D eigenvalue weighted by Gasteiger charge is -2.06. The number of nitrogens with one attached hydrogen (secondary N) is 2. The molecule has 1 aromatic carbocycles. The SMILES string of the molecule is COC(=O)CCNC(=O)c1c(-c2ccccc2)n[nH]c1C. The van der Waals surface area contributed by atoms with Gasteiger partial charge in [-0.2, -0.15) is 5.10 Å². The van der Waals surface area contributed by atoms with E-state index < -0.39 is 0 Å². The van der Waals surface area contributed by atoms with Crippen molar-refractivity contribution in [1.82, 2.24) is 15.5 Å². The summed E-state index contributed by atoms with van der Waals surface area (Å²) < 4.78 is 4.53. The van der Waals surface area contributed by atoms with Gasteiger partial charge in [0, 0.05) is 17.8 Å². The van der Waals surface area contributed by atoms with Gasteiger partial charge in [-0.3, -0.25) is 14.7 Å². The molecule has 6 heteroatoms. The van der Waals surface area contributed by atoms with Gasteiger partial charge in [-0.1, -0.05) is 30.3 Å². The first-order chi connectivity index (χ1) is 10.1. The number of H-pyrrole nitrogens is 1. The summed E-state index contributed by atoms with van der Waals surface area (Å²) in [4.78, 5) is 23.3. The van der Waals surface area contributed by atoms with Gasteiger partial charge in [-0.25, -0.2) is 0 Å². The Balaban J connectivity index is 2.14. The molecule has 21 heavy (non-hydrogen) atoms. The topological polar surface area (TPSA) is 84.1 Å². The zero-order valence-corrected chi connectivity index (χ0v) is 12.0. The quantitative estimate of drug-likeness (QED) is 0.819. The zero-order valence-electron chi connectivity index (χ0n) is 12.0. The zero-order chi connectivity index (χ0) is 15.2. The minimum Gasteiger partial charge on any atom is -0.469 e. The fraction of sp³-hybridized carbons (Fsp3) is 0.267. The lowest BCUT2D eigenvalue weighted by molar-refractivity contribution is -0.140. The molecule has 0 saturated carbocycles. The molecule has 2 aromatic rings. The third kappa shape index (κ3) is 3.47. The van der Waals surface area contributed by atoms with E-state index in [-0.39, 0.29) is 24.8 Å². The number of carbonyl (C=O) groups is 2. The second kappa shape index (κ2) is 6.69. The molecular formula is C15H17N3O3. The van der Waals surface area contributed by atoms with Crippen LogP contribution in [0.25, 0.3) is 11.3 Å². The average Bonchev–Trinajstić information content (AvgIpc) is 2.89. The van der Waals surface area contributed by atoms with Crippen LogP contribution in [0, 0.1) is 6.92 Å². The van der Waals surface area contributed by atoms with E-state index in [1.54, 1.807) is 6.92 Å². The first kappa shape index (κ1) is 14.8. The maximum atomic E-state index is 12.3. The van der Waals surface area contributed by atoms with Gasteiger partial charge >= 0.3 is 5.97 Å². The highest BCUT2D eigenvalue weighted by Crippen LogP contribution is 2.23. The van der Waals surface area contributed by atoms with E-state index in [0.717, 1.165) is 5.56 Å². The highest BCUT2D eigenvalue weighted by Gasteiger charge is 2.19. The molecule has 1 amide bonds. The Morgan fingerprint density at radius 3 is 2.67 bits per heavy atom. The Bertz CT molecular complexity index is 635. The number of aryl methyl sites for hydroxylation is 1. The molecule has 0 spiro atoms. The Hall–Kier alpha value is -2.63. The molecule has 2 N–H and O–H groups in total. The number of aromatic amines is 1. The van der Waals surface area contributed by atoms with Crippen molar-refractivity contribution in [3.8, 4) is 11.3 Å². The summed E-state index contributed by atoms with van der Waals surface area (Å²) in [5.74, 6) is -0.619. The Kier molecular flexibility index (Phi) is 4.71. The molecule has 0 aliphatic heterocycles. The molecule has 0 aliphatic rings. The molecule has 2 rings (SSSR count). The number of benzene rings is 1. The van der Waals surface area contributed by atoms with E-state index in [1.807, 2.05) is 30.3 Å². The predicted molar refractivity (Wildman–Crippen MR) is 77.7 cm³/mol. The van der Waals surface area contributed by atoms with Crippen LogP contribution in [0.4, 0.5) is 0 Å². The van der Waals surface area contributed by atoms with Crippen LogP contribution in [-0.4, -0.2) is 35.7 Å². The summed E-state index contributed by atoms with van der Waals surface area (Å²) in [6.07, 6.45) is 0.139. The smallest absolute Gasteiger partial charge is 0.307 e. The van der Waals surface area contributed by atoms with Crippen molar-refractivity contribution in [2.45, 2.75) is 13.3 Å². The van der Waals surface area contributed by atoms with Gasteiger partial charge in [0.2, 0.25) is 0 Å². The van der Waals surface area contributed by atoms with Crippen molar-refractivity contribution in [2.24, 2.45) is 0 Å². The van der Waals surface area contributed by atoms with Gasteiger partial charge in [-0.15, -0.1) is 0 Å². The lowest BCUT2D eigenvalue weighted by Crippen LogP contribution is -2.27. The van der Waals surface area contributed by atoms with Crippen molar-refractivity contribution in [1.29, 1.82) is 0 Å². The monoisotopic (exact) mass is 287 g/mol. The van der Waals surface area contributed by atoms with Crippen molar-refractivity contribution in [2.75, 3.05) is 13.7 Å². The highest BCUT2D eigenvalue weighted by molar-refractivity contribution is 6.01. The molecule has 0 fully saturated rings. The molecule has 0 unspecified atom stereocenters. The number of rotatable bonds is 5. The van der Waals surface area contributed by atoms with Crippen molar-refractivity contribution >= 4 is 11.9 Å². The largest absolute Gasteiger partial charge is 0.469 e. The number of ether oxygens (including phenoxy) is 1. The lowest BCUT2D eigenvalue weighted by atomic mass is 10.1. The molecule has 0 saturated heterocycles. The maximum Gasteiger partial charge on any atom is 0.307 e. The van der Waals surface area contributed by atoms with Gasteiger partial charge in [0.25, 0.3) is 5.91 Å². The van der Waals surface area contributed by atoms with E-state index in [0.29, 0.717) is 17.0 Å². The summed E-state index contributed by atoms with van der Waals surface area (Å²) in [5.41, 5.74) is 2.64. The second-order valence-corrected chi connectivity index (χ2v) is 4.52. The Morgan fingerprint density at radius 1 is 1.29 bits per heavy atom. The van der Waals surface area contributed by atoms with E-state index >= 15 is 0 Å². The van der Waals surface area contributed by atoms with E-state index in [9.17, 15) is 9.59 Å². The van der Waals surface area contributed by atoms with Gasteiger partial charge in [-0.05, 0) is 6.92 Å². The van der Waals surface area contributed by atoms with Crippen LogP contribution < -0.4 is 5.32 Å². The van der Waals surface area contributed by atoms with Crippen molar-refractivity contribution in [3.05, 3.63) is 41.6 Å². The van der Waals surface area contributed by atoms with E-state index in [4.69, 9.17) is 0 Å². The Labute approximate surface area is 122 Å². The first-order valence-electron chi connectivity index (χ1n) is 6.59. The minimum absolute atomic E-state index is 0.139. The number of esters is 1. The van der Waals surface area contributed by atoms with E-state index in [1.165, 1.54) is 7.11 Å². The summed E-state index contributed by atoms with van der Waals surface area (Å²) in [7, 11) is 1.32. The number of carbonyl (C=O) groups excluding carboxylic acids is 2. The number of hydrogen-bond donors (Lipinski definition) is 2. The van der Waals surface area contributed by atoms with Crippen LogP contribution in [0.3, 0.4) is 0 Å². The summed E-state index contributed by atoms with van der Waals surface area (Å²) in [6, 6.07) is 9.46. The normalized spacial score (nSPS) is 10.2. The number of amides is 1. The fourth-order valence-corrected chi connectivity index (χ4v) is 1.98. The second-order valence-electron chi connectivity index (χ2n) is 4.52. The summed E-state index contributed by atoms with van der Waals surface area (Å²) in [5, 5.41) is 9.71. The van der Waals surface area contributed by atoms with Crippen LogP contribution in [0.15, 0.2) is 30.3 Å². The molecule has 1 aromatic heterocycles. The fourth-order valence-electron chi connectivity index (χ4n) is 1.98. The van der Waals surface area contributed by atoms with Gasteiger partial charge in [0.05, 0.1) is 19.1 Å². The van der Waals surface area contributed by atoms with Crippen LogP contribution in [0.1, 0.15) is 22.5 Å². The standard InChI is InChI=1S/C15H17N3O3/c1-10-13(15(20)16-9-8-12(19)21-2)14(18-17-10)11-6-4-3-5-7-11/h3-7H,8-9H2,1-2H3,(H,16,20)(H,17,18).